The van der Waals surface area contributed by atoms with Gasteiger partial charge < -0.3 is 10.4 Å². The van der Waals surface area contributed by atoms with Crippen molar-refractivity contribution in [3.63, 3.8) is 0 Å². The molecule has 2 nitrogen and oxygen atoms in total. The highest BCUT2D eigenvalue weighted by molar-refractivity contribution is 5.17. The highest BCUT2D eigenvalue weighted by Crippen LogP contribution is 2.09. The Balaban J connectivity index is 2.40. The molecule has 0 aromatic heterocycles. The molecular formula is C13H20FNO. The molecular weight excluding hydrogens is 205 g/mol. The molecule has 0 radical (unpaired) electrons. The number of hydrogen-bond acceptors (Lipinski definition) is 2. The molecule has 0 spiro atoms. The molecule has 1 atom stereocenters. The number of aliphatic hydroxyl groups is 1. The highest BCUT2D eigenvalue weighted by Gasteiger charge is 2.21. The van der Waals surface area contributed by atoms with Crippen LogP contribution in [0.2, 0.25) is 0 Å². The van der Waals surface area contributed by atoms with E-state index in [0.717, 1.165) is 0 Å². The topological polar surface area (TPSA) is 32.3 Å². The Hall–Kier alpha value is -0.930. The maximum Gasteiger partial charge on any atom is 0.126 e. The third kappa shape index (κ3) is 3.91. The number of benzene rings is 1. The molecule has 0 aliphatic carbocycles. The second-order valence-electron chi connectivity index (χ2n) is 4.67. The molecule has 1 aromatic rings. The van der Waals surface area contributed by atoms with Crippen molar-refractivity contribution in [2.75, 3.05) is 6.54 Å². The van der Waals surface area contributed by atoms with E-state index in [4.69, 9.17) is 0 Å². The van der Waals surface area contributed by atoms with E-state index < -0.39 is 5.60 Å². The smallest absolute Gasteiger partial charge is 0.126 e. The van der Waals surface area contributed by atoms with Crippen LogP contribution in [0.25, 0.3) is 0 Å². The molecule has 0 bridgehead atoms. The monoisotopic (exact) mass is 225 g/mol. The van der Waals surface area contributed by atoms with Crippen LogP contribution in [0, 0.1) is 5.82 Å². The van der Waals surface area contributed by atoms with Gasteiger partial charge in [-0.2, -0.15) is 0 Å². The molecule has 0 amide bonds. The number of halogens is 1. The molecule has 1 aromatic carbocycles. The van der Waals surface area contributed by atoms with Crippen LogP contribution in [-0.2, 0) is 6.42 Å². The van der Waals surface area contributed by atoms with Gasteiger partial charge in [0.2, 0.25) is 0 Å². The van der Waals surface area contributed by atoms with E-state index >= 15 is 0 Å². The fourth-order valence-electron chi connectivity index (χ4n) is 1.37. The Bertz CT molecular complexity index is 333. The summed E-state index contributed by atoms with van der Waals surface area (Å²) in [6, 6.07) is 6.75. The van der Waals surface area contributed by atoms with E-state index in [1.165, 1.54) is 6.07 Å². The van der Waals surface area contributed by atoms with Crippen molar-refractivity contribution in [3.05, 3.63) is 35.6 Å². The van der Waals surface area contributed by atoms with E-state index in [1.54, 1.807) is 26.0 Å². The molecule has 0 saturated carbocycles. The zero-order valence-corrected chi connectivity index (χ0v) is 10.1. The maximum absolute atomic E-state index is 13.3. The van der Waals surface area contributed by atoms with E-state index in [2.05, 4.69) is 5.32 Å². The average molecular weight is 225 g/mol. The molecule has 1 rings (SSSR count). The fraction of sp³-hybridized carbons (Fsp3) is 0.538. The zero-order valence-electron chi connectivity index (χ0n) is 10.1. The van der Waals surface area contributed by atoms with Gasteiger partial charge in [0, 0.05) is 6.04 Å². The van der Waals surface area contributed by atoms with Crippen LogP contribution >= 0.6 is 0 Å². The van der Waals surface area contributed by atoms with Gasteiger partial charge in [0.15, 0.2) is 0 Å². The first-order valence-electron chi connectivity index (χ1n) is 5.60. The molecule has 0 fully saturated rings. The molecule has 16 heavy (non-hydrogen) atoms. The van der Waals surface area contributed by atoms with Crippen molar-refractivity contribution in [2.24, 2.45) is 0 Å². The number of hydrogen-bond donors (Lipinski definition) is 2. The largest absolute Gasteiger partial charge is 0.389 e. The quantitative estimate of drug-likeness (QED) is 0.804. The van der Waals surface area contributed by atoms with Crippen LogP contribution in [0.4, 0.5) is 4.39 Å². The molecule has 1 unspecified atom stereocenters. The van der Waals surface area contributed by atoms with Crippen molar-refractivity contribution in [2.45, 2.75) is 38.8 Å². The van der Waals surface area contributed by atoms with Crippen LogP contribution in [-0.4, -0.2) is 23.3 Å². The molecule has 2 N–H and O–H groups in total. The third-order valence-corrected chi connectivity index (χ3v) is 2.86. The Morgan fingerprint density at radius 3 is 2.56 bits per heavy atom. The van der Waals surface area contributed by atoms with Crippen LogP contribution in [0.1, 0.15) is 26.3 Å². The predicted octanol–water partition coefficient (Wildman–Crippen LogP) is 2.12. The summed E-state index contributed by atoms with van der Waals surface area (Å²) < 4.78 is 13.3. The summed E-state index contributed by atoms with van der Waals surface area (Å²) >= 11 is 0. The number of nitrogens with one attached hydrogen (secondary N) is 1. The van der Waals surface area contributed by atoms with Gasteiger partial charge in [0.05, 0.1) is 5.60 Å². The van der Waals surface area contributed by atoms with Gasteiger partial charge in [-0.25, -0.2) is 4.39 Å². The van der Waals surface area contributed by atoms with E-state index in [9.17, 15) is 9.50 Å². The van der Waals surface area contributed by atoms with E-state index in [-0.39, 0.29) is 11.9 Å². The third-order valence-electron chi connectivity index (χ3n) is 2.86. The predicted molar refractivity (Wildman–Crippen MR) is 63.9 cm³/mol. The molecule has 90 valence electrons. The van der Waals surface area contributed by atoms with Crippen LogP contribution in [0.3, 0.4) is 0 Å². The second kappa shape index (κ2) is 5.41. The lowest BCUT2D eigenvalue weighted by Crippen LogP contribution is -2.45. The van der Waals surface area contributed by atoms with E-state index in [0.29, 0.717) is 18.5 Å². The Labute approximate surface area is 96.5 Å². The normalized spacial score (nSPS) is 13.8. The van der Waals surface area contributed by atoms with Crippen molar-refractivity contribution in [3.8, 4) is 0 Å². The first-order valence-corrected chi connectivity index (χ1v) is 5.60. The molecule has 3 heteroatoms. The lowest BCUT2D eigenvalue weighted by molar-refractivity contribution is 0.0446. The molecule has 0 saturated heterocycles. The highest BCUT2D eigenvalue weighted by atomic mass is 19.1. The first kappa shape index (κ1) is 13.1. The lowest BCUT2D eigenvalue weighted by Gasteiger charge is -2.26. The average Bonchev–Trinajstić information content (AvgIpc) is 2.19. The van der Waals surface area contributed by atoms with Gasteiger partial charge in [0.1, 0.15) is 5.82 Å². The first-order chi connectivity index (χ1) is 7.41. The molecule has 0 aliphatic rings. The Morgan fingerprint density at radius 1 is 1.38 bits per heavy atom. The minimum Gasteiger partial charge on any atom is -0.389 e. The van der Waals surface area contributed by atoms with Crippen LogP contribution < -0.4 is 5.32 Å². The van der Waals surface area contributed by atoms with Crippen molar-refractivity contribution < 1.29 is 9.50 Å². The summed E-state index contributed by atoms with van der Waals surface area (Å²) in [4.78, 5) is 0. The van der Waals surface area contributed by atoms with Gasteiger partial charge in [-0.05, 0) is 45.4 Å². The summed E-state index contributed by atoms with van der Waals surface area (Å²) in [5.74, 6) is -0.166. The molecule has 0 aliphatic heterocycles. The van der Waals surface area contributed by atoms with Gasteiger partial charge in [0.25, 0.3) is 0 Å². The van der Waals surface area contributed by atoms with Crippen LogP contribution in [0.15, 0.2) is 24.3 Å². The molecule has 0 heterocycles. The van der Waals surface area contributed by atoms with Gasteiger partial charge in [-0.3, -0.25) is 0 Å². The summed E-state index contributed by atoms with van der Waals surface area (Å²) in [6.45, 7) is 6.09. The summed E-state index contributed by atoms with van der Waals surface area (Å²) in [5, 5.41) is 12.9. The van der Waals surface area contributed by atoms with Crippen molar-refractivity contribution in [1.29, 1.82) is 0 Å². The summed E-state index contributed by atoms with van der Waals surface area (Å²) in [5.41, 5.74) is -0.0483. The minimum atomic E-state index is -0.755. The maximum atomic E-state index is 13.3. The zero-order chi connectivity index (χ0) is 12.2. The summed E-state index contributed by atoms with van der Waals surface area (Å²) in [6.07, 6.45) is 0.632. The fourth-order valence-corrected chi connectivity index (χ4v) is 1.37. The van der Waals surface area contributed by atoms with Crippen molar-refractivity contribution in [1.82, 2.24) is 5.32 Å². The number of rotatable bonds is 5. The standard InChI is InChI=1S/C13H20FNO/c1-10(13(2,3)16)15-9-8-11-6-4-5-7-12(11)14/h4-7,10,15-16H,8-9H2,1-3H3. The van der Waals surface area contributed by atoms with Crippen LogP contribution in [0.5, 0.6) is 0 Å². The SMILES string of the molecule is CC(NCCc1ccccc1F)C(C)(C)O. The summed E-state index contributed by atoms with van der Waals surface area (Å²) in [7, 11) is 0. The Kier molecular flexibility index (Phi) is 4.44. The second-order valence-corrected chi connectivity index (χ2v) is 4.67. The lowest BCUT2D eigenvalue weighted by atomic mass is 10.0. The van der Waals surface area contributed by atoms with Crippen molar-refractivity contribution >= 4 is 0 Å². The van der Waals surface area contributed by atoms with Gasteiger partial charge in [-0.15, -0.1) is 0 Å². The minimum absolute atomic E-state index is 0.0146. The Morgan fingerprint density at radius 2 is 2.00 bits per heavy atom. The van der Waals surface area contributed by atoms with Gasteiger partial charge >= 0.3 is 0 Å². The van der Waals surface area contributed by atoms with E-state index in [1.807, 2.05) is 13.0 Å². The van der Waals surface area contributed by atoms with Gasteiger partial charge in [-0.1, -0.05) is 18.2 Å².